The summed E-state index contributed by atoms with van der Waals surface area (Å²) in [6.07, 6.45) is 1.47. The molecule has 0 saturated carbocycles. The predicted molar refractivity (Wildman–Crippen MR) is 59.9 cm³/mol. The Balaban J connectivity index is 2.27. The third-order valence-electron chi connectivity index (χ3n) is 2.34. The van der Waals surface area contributed by atoms with Crippen LogP contribution in [0.5, 0.6) is 5.75 Å². The number of carbonyl (C=O) groups is 1. The van der Waals surface area contributed by atoms with Crippen LogP contribution < -0.4 is 4.74 Å². The van der Waals surface area contributed by atoms with E-state index in [2.05, 4.69) is 0 Å². The van der Waals surface area contributed by atoms with Crippen molar-refractivity contribution in [2.75, 3.05) is 7.11 Å². The van der Waals surface area contributed by atoms with Gasteiger partial charge in [0.2, 0.25) is 0 Å². The largest absolute Gasteiger partial charge is 0.497 e. The number of aryl methyl sites for hydroxylation is 1. The Hall–Kier alpha value is -2.03. The van der Waals surface area contributed by atoms with Crippen molar-refractivity contribution in [2.45, 2.75) is 6.92 Å². The quantitative estimate of drug-likeness (QED) is 0.740. The minimum atomic E-state index is -0.0421. The smallest absolute Gasteiger partial charge is 0.196 e. The molecule has 0 atom stereocenters. The molecule has 3 heteroatoms. The third kappa shape index (κ3) is 1.98. The van der Waals surface area contributed by atoms with Crippen LogP contribution in [0.3, 0.4) is 0 Å². The average Bonchev–Trinajstić information content (AvgIpc) is 2.75. The number of carbonyl (C=O) groups excluding carboxylic acids is 1. The van der Waals surface area contributed by atoms with Gasteiger partial charge < -0.3 is 9.15 Å². The van der Waals surface area contributed by atoms with Gasteiger partial charge in [-0.3, -0.25) is 4.79 Å². The van der Waals surface area contributed by atoms with E-state index in [0.717, 1.165) is 11.5 Å². The van der Waals surface area contributed by atoms with Crippen molar-refractivity contribution < 1.29 is 13.9 Å². The van der Waals surface area contributed by atoms with Crippen molar-refractivity contribution >= 4 is 5.78 Å². The molecule has 1 aromatic heterocycles. The molecule has 0 aliphatic rings. The van der Waals surface area contributed by atoms with Crippen molar-refractivity contribution in [1.29, 1.82) is 0 Å². The Labute approximate surface area is 93.7 Å². The second-order valence-corrected chi connectivity index (χ2v) is 3.50. The number of benzene rings is 1. The van der Waals surface area contributed by atoms with Crippen molar-refractivity contribution in [3.05, 3.63) is 53.5 Å². The molecule has 0 spiro atoms. The molecule has 0 unspecified atom stereocenters. The molecule has 1 heterocycles. The highest BCUT2D eigenvalue weighted by atomic mass is 16.5. The molecule has 0 amide bonds. The first kappa shape index (κ1) is 10.5. The summed E-state index contributed by atoms with van der Waals surface area (Å²) in [5.74, 6) is 1.43. The van der Waals surface area contributed by atoms with Gasteiger partial charge in [0.1, 0.15) is 17.8 Å². The van der Waals surface area contributed by atoms with Gasteiger partial charge in [-0.25, -0.2) is 0 Å². The topological polar surface area (TPSA) is 39.4 Å². The van der Waals surface area contributed by atoms with Crippen LogP contribution in [-0.4, -0.2) is 12.9 Å². The van der Waals surface area contributed by atoms with Crippen molar-refractivity contribution in [1.82, 2.24) is 0 Å². The number of furan rings is 1. The predicted octanol–water partition coefficient (Wildman–Crippen LogP) is 2.83. The summed E-state index contributed by atoms with van der Waals surface area (Å²) >= 11 is 0. The van der Waals surface area contributed by atoms with Gasteiger partial charge in [-0.2, -0.15) is 0 Å². The molecule has 0 aliphatic carbocycles. The fourth-order valence-corrected chi connectivity index (χ4v) is 1.47. The van der Waals surface area contributed by atoms with Crippen LogP contribution in [-0.2, 0) is 0 Å². The minimum absolute atomic E-state index is 0.0421. The summed E-state index contributed by atoms with van der Waals surface area (Å²) in [6, 6.07) is 8.74. The van der Waals surface area contributed by atoms with Crippen LogP contribution in [0.4, 0.5) is 0 Å². The van der Waals surface area contributed by atoms with Gasteiger partial charge in [0.05, 0.1) is 12.7 Å². The van der Waals surface area contributed by atoms with E-state index < -0.39 is 0 Å². The number of methoxy groups -OCH3 is 1. The highest BCUT2D eigenvalue weighted by molar-refractivity contribution is 6.08. The van der Waals surface area contributed by atoms with E-state index in [9.17, 15) is 4.79 Å². The minimum Gasteiger partial charge on any atom is -0.497 e. The number of ether oxygens (including phenoxy) is 1. The van der Waals surface area contributed by atoms with Gasteiger partial charge in [0.25, 0.3) is 0 Å². The molecule has 0 saturated heterocycles. The lowest BCUT2D eigenvalue weighted by Crippen LogP contribution is -1.99. The Kier molecular flexibility index (Phi) is 2.77. The lowest BCUT2D eigenvalue weighted by atomic mass is 10.1. The number of hydrogen-bond acceptors (Lipinski definition) is 3. The molecular formula is C13H12O3. The van der Waals surface area contributed by atoms with Gasteiger partial charge in [-0.1, -0.05) is 0 Å². The molecular weight excluding hydrogens is 204 g/mol. The fourth-order valence-electron chi connectivity index (χ4n) is 1.47. The Morgan fingerprint density at radius 3 is 2.38 bits per heavy atom. The third-order valence-corrected chi connectivity index (χ3v) is 2.34. The molecule has 82 valence electrons. The molecule has 0 aliphatic heterocycles. The standard InChI is InChI=1S/C13H12O3/c1-9-7-11(8-16-9)13(14)10-3-5-12(15-2)6-4-10/h3-8H,1-2H3. The SMILES string of the molecule is COc1ccc(C(=O)c2coc(C)c2)cc1. The summed E-state index contributed by atoms with van der Waals surface area (Å²) in [6.45, 7) is 1.81. The summed E-state index contributed by atoms with van der Waals surface area (Å²) in [7, 11) is 1.59. The maximum absolute atomic E-state index is 12.0. The van der Waals surface area contributed by atoms with E-state index >= 15 is 0 Å². The fraction of sp³-hybridized carbons (Fsp3) is 0.154. The average molecular weight is 216 g/mol. The molecule has 3 nitrogen and oxygen atoms in total. The van der Waals surface area contributed by atoms with Gasteiger partial charge in [0, 0.05) is 5.56 Å². The summed E-state index contributed by atoms with van der Waals surface area (Å²) in [5, 5.41) is 0. The van der Waals surface area contributed by atoms with Crippen LogP contribution >= 0.6 is 0 Å². The first-order valence-electron chi connectivity index (χ1n) is 4.94. The monoisotopic (exact) mass is 216 g/mol. The normalized spacial score (nSPS) is 10.1. The first-order chi connectivity index (χ1) is 7.70. The zero-order valence-corrected chi connectivity index (χ0v) is 9.19. The maximum atomic E-state index is 12.0. The van der Waals surface area contributed by atoms with E-state index in [1.165, 1.54) is 6.26 Å². The van der Waals surface area contributed by atoms with Crippen molar-refractivity contribution in [2.24, 2.45) is 0 Å². The molecule has 16 heavy (non-hydrogen) atoms. The van der Waals surface area contributed by atoms with Crippen LogP contribution in [0.25, 0.3) is 0 Å². The highest BCUT2D eigenvalue weighted by Crippen LogP contribution is 2.16. The van der Waals surface area contributed by atoms with Gasteiger partial charge in [-0.15, -0.1) is 0 Å². The van der Waals surface area contributed by atoms with Crippen LogP contribution in [0.2, 0.25) is 0 Å². The van der Waals surface area contributed by atoms with E-state index in [1.54, 1.807) is 37.4 Å². The molecule has 2 rings (SSSR count). The van der Waals surface area contributed by atoms with Crippen molar-refractivity contribution in [3.63, 3.8) is 0 Å². The highest BCUT2D eigenvalue weighted by Gasteiger charge is 2.11. The van der Waals surface area contributed by atoms with Crippen LogP contribution in [0.15, 0.2) is 41.0 Å². The molecule has 2 aromatic rings. The van der Waals surface area contributed by atoms with Crippen molar-refractivity contribution in [3.8, 4) is 5.75 Å². The van der Waals surface area contributed by atoms with E-state index in [1.807, 2.05) is 6.92 Å². The summed E-state index contributed by atoms with van der Waals surface area (Å²) in [5.41, 5.74) is 1.20. The molecule has 1 aromatic carbocycles. The number of hydrogen-bond donors (Lipinski definition) is 0. The maximum Gasteiger partial charge on any atom is 0.196 e. The second kappa shape index (κ2) is 4.23. The zero-order chi connectivity index (χ0) is 11.5. The summed E-state index contributed by atoms with van der Waals surface area (Å²) in [4.78, 5) is 12.0. The van der Waals surface area contributed by atoms with Crippen LogP contribution in [0, 0.1) is 6.92 Å². The number of rotatable bonds is 3. The second-order valence-electron chi connectivity index (χ2n) is 3.50. The number of ketones is 1. The zero-order valence-electron chi connectivity index (χ0n) is 9.19. The Morgan fingerprint density at radius 1 is 1.19 bits per heavy atom. The Morgan fingerprint density at radius 2 is 1.88 bits per heavy atom. The van der Waals surface area contributed by atoms with Gasteiger partial charge in [-0.05, 0) is 37.3 Å². The van der Waals surface area contributed by atoms with E-state index in [4.69, 9.17) is 9.15 Å². The lowest BCUT2D eigenvalue weighted by Gasteiger charge is -2.00. The molecule has 0 fully saturated rings. The Bertz CT molecular complexity index is 494. The molecule has 0 N–H and O–H groups in total. The molecule has 0 radical (unpaired) electrons. The van der Waals surface area contributed by atoms with Crippen LogP contribution in [0.1, 0.15) is 21.7 Å². The molecule has 0 bridgehead atoms. The lowest BCUT2D eigenvalue weighted by molar-refractivity contribution is 0.103. The van der Waals surface area contributed by atoms with Gasteiger partial charge in [0.15, 0.2) is 5.78 Å². The summed E-state index contributed by atoms with van der Waals surface area (Å²) < 4.78 is 10.1. The van der Waals surface area contributed by atoms with Gasteiger partial charge >= 0.3 is 0 Å². The van der Waals surface area contributed by atoms with E-state index in [0.29, 0.717) is 11.1 Å². The first-order valence-corrected chi connectivity index (χ1v) is 4.94. The van der Waals surface area contributed by atoms with E-state index in [-0.39, 0.29) is 5.78 Å².